The first-order valence-electron chi connectivity index (χ1n) is 4.46. The SMILES string of the molecule is CCOCC.ClP(Cl)c1ccccc1. The lowest BCUT2D eigenvalue weighted by molar-refractivity contribution is 0.162. The monoisotopic (exact) mass is 252 g/mol. The molecule has 0 aromatic heterocycles. The molecule has 0 saturated carbocycles. The highest BCUT2D eigenvalue weighted by atomic mass is 35.9. The highest BCUT2D eigenvalue weighted by Gasteiger charge is 1.99. The van der Waals surface area contributed by atoms with Crippen LogP contribution in [0, 0.1) is 0 Å². The number of hydrogen-bond acceptors (Lipinski definition) is 1. The van der Waals surface area contributed by atoms with Crippen molar-refractivity contribution in [2.45, 2.75) is 13.8 Å². The Morgan fingerprint density at radius 2 is 1.57 bits per heavy atom. The predicted octanol–water partition coefficient (Wildman–Crippen LogP) is 4.14. The van der Waals surface area contributed by atoms with Crippen molar-refractivity contribution in [3.8, 4) is 0 Å². The largest absolute Gasteiger partial charge is 0.382 e. The first-order valence-corrected chi connectivity index (χ1v) is 7.62. The summed E-state index contributed by atoms with van der Waals surface area (Å²) in [5.41, 5.74) is 0. The molecule has 0 N–H and O–H groups in total. The normalized spacial score (nSPS) is 9.50. The average Bonchev–Trinajstić information content (AvgIpc) is 2.21. The van der Waals surface area contributed by atoms with Gasteiger partial charge in [-0.15, -0.1) is 0 Å². The molecule has 0 fully saturated rings. The highest BCUT2D eigenvalue weighted by Crippen LogP contribution is 2.44. The second-order valence-corrected chi connectivity index (χ2v) is 5.88. The molecule has 0 aliphatic heterocycles. The van der Waals surface area contributed by atoms with Gasteiger partial charge in [0.25, 0.3) is 0 Å². The molecule has 0 atom stereocenters. The van der Waals surface area contributed by atoms with Crippen LogP contribution in [0.1, 0.15) is 13.8 Å². The van der Waals surface area contributed by atoms with Gasteiger partial charge in [0.2, 0.25) is 0 Å². The van der Waals surface area contributed by atoms with Crippen molar-refractivity contribution in [3.05, 3.63) is 30.3 Å². The number of ether oxygens (including phenoxy) is 1. The Balaban J connectivity index is 0.000000292. The molecular weight excluding hydrogens is 238 g/mol. The minimum atomic E-state index is -0.951. The van der Waals surface area contributed by atoms with Crippen LogP contribution in [0.2, 0.25) is 0 Å². The third kappa shape index (κ3) is 7.58. The summed E-state index contributed by atoms with van der Waals surface area (Å²) < 4.78 is 4.83. The predicted molar refractivity (Wildman–Crippen MR) is 66.9 cm³/mol. The molecule has 0 spiro atoms. The van der Waals surface area contributed by atoms with Gasteiger partial charge in [-0.1, -0.05) is 52.8 Å². The molecule has 0 heterocycles. The highest BCUT2D eigenvalue weighted by molar-refractivity contribution is 8.08. The minimum Gasteiger partial charge on any atom is -0.382 e. The van der Waals surface area contributed by atoms with Crippen LogP contribution in [-0.2, 0) is 4.74 Å². The van der Waals surface area contributed by atoms with Gasteiger partial charge in [0, 0.05) is 18.5 Å². The fraction of sp³-hybridized carbons (Fsp3) is 0.400. The molecule has 0 bridgehead atoms. The van der Waals surface area contributed by atoms with E-state index in [2.05, 4.69) is 0 Å². The van der Waals surface area contributed by atoms with E-state index in [9.17, 15) is 0 Å². The van der Waals surface area contributed by atoms with Gasteiger partial charge >= 0.3 is 0 Å². The molecule has 0 aliphatic carbocycles. The van der Waals surface area contributed by atoms with E-state index < -0.39 is 6.63 Å². The Hall–Kier alpha value is 0.190. The smallest absolute Gasteiger partial charge is 0.116 e. The lowest BCUT2D eigenvalue weighted by Gasteiger charge is -1.96. The van der Waals surface area contributed by atoms with E-state index in [0.717, 1.165) is 18.5 Å². The van der Waals surface area contributed by atoms with Crippen molar-refractivity contribution in [1.82, 2.24) is 0 Å². The van der Waals surface area contributed by atoms with Gasteiger partial charge in [0.1, 0.15) is 6.63 Å². The van der Waals surface area contributed by atoms with E-state index in [0.29, 0.717) is 0 Å². The van der Waals surface area contributed by atoms with Crippen LogP contribution >= 0.6 is 29.1 Å². The Labute approximate surface area is 96.7 Å². The molecule has 0 aliphatic rings. The number of hydrogen-bond donors (Lipinski definition) is 0. The summed E-state index contributed by atoms with van der Waals surface area (Å²) in [6.07, 6.45) is 0. The lowest BCUT2D eigenvalue weighted by Crippen LogP contribution is -1.89. The minimum absolute atomic E-state index is 0.844. The van der Waals surface area contributed by atoms with Crippen LogP contribution in [0.5, 0.6) is 0 Å². The van der Waals surface area contributed by atoms with Gasteiger partial charge in [0.05, 0.1) is 0 Å². The van der Waals surface area contributed by atoms with Gasteiger partial charge in [0.15, 0.2) is 0 Å². The summed E-state index contributed by atoms with van der Waals surface area (Å²) in [4.78, 5) is 0. The molecule has 0 unspecified atom stereocenters. The maximum absolute atomic E-state index is 5.63. The van der Waals surface area contributed by atoms with Gasteiger partial charge in [-0.3, -0.25) is 0 Å². The van der Waals surface area contributed by atoms with E-state index in [4.69, 9.17) is 27.2 Å². The fourth-order valence-electron chi connectivity index (χ4n) is 0.745. The van der Waals surface area contributed by atoms with Crippen LogP contribution < -0.4 is 5.30 Å². The third-order valence-electron chi connectivity index (χ3n) is 1.36. The van der Waals surface area contributed by atoms with Gasteiger partial charge in [-0.25, -0.2) is 0 Å². The van der Waals surface area contributed by atoms with Crippen molar-refractivity contribution in [3.63, 3.8) is 0 Å². The van der Waals surface area contributed by atoms with E-state index in [1.807, 2.05) is 44.2 Å². The summed E-state index contributed by atoms with van der Waals surface area (Å²) in [5.74, 6) is 0. The molecule has 4 heteroatoms. The molecule has 1 rings (SSSR count). The van der Waals surface area contributed by atoms with Crippen molar-refractivity contribution in [2.75, 3.05) is 13.2 Å². The van der Waals surface area contributed by atoms with E-state index in [1.165, 1.54) is 0 Å². The summed E-state index contributed by atoms with van der Waals surface area (Å²) in [5, 5.41) is 1.01. The van der Waals surface area contributed by atoms with Crippen molar-refractivity contribution >= 4 is 34.4 Å². The molecule has 1 aromatic carbocycles. The fourth-order valence-corrected chi connectivity index (χ4v) is 1.82. The zero-order valence-corrected chi connectivity index (χ0v) is 10.8. The Bertz CT molecular complexity index is 215. The van der Waals surface area contributed by atoms with Crippen LogP contribution in [-0.4, -0.2) is 13.2 Å². The molecule has 1 aromatic rings. The maximum atomic E-state index is 5.63. The van der Waals surface area contributed by atoms with E-state index >= 15 is 0 Å². The Morgan fingerprint density at radius 3 is 1.79 bits per heavy atom. The standard InChI is InChI=1S/C6H5Cl2P.C4H10O/c7-9(8)6-4-2-1-3-5-6;1-3-5-4-2/h1-5H;3-4H2,1-2H3. The van der Waals surface area contributed by atoms with E-state index in [1.54, 1.807) is 0 Å². The average molecular weight is 253 g/mol. The maximum Gasteiger partial charge on any atom is 0.116 e. The quantitative estimate of drug-likeness (QED) is 0.735. The third-order valence-corrected chi connectivity index (χ3v) is 3.22. The molecule has 0 radical (unpaired) electrons. The first kappa shape index (κ1) is 14.2. The molecule has 0 amide bonds. The number of halogens is 2. The van der Waals surface area contributed by atoms with Gasteiger partial charge in [-0.05, 0) is 13.8 Å². The van der Waals surface area contributed by atoms with Crippen molar-refractivity contribution in [2.24, 2.45) is 0 Å². The summed E-state index contributed by atoms with van der Waals surface area (Å²) >= 11 is 11.3. The number of rotatable bonds is 3. The first-order chi connectivity index (χ1) is 6.72. The zero-order valence-electron chi connectivity index (χ0n) is 8.41. The van der Waals surface area contributed by atoms with Gasteiger partial charge < -0.3 is 4.74 Å². The summed E-state index contributed by atoms with van der Waals surface area (Å²) in [6, 6.07) is 9.64. The lowest BCUT2D eigenvalue weighted by atomic mass is 10.4. The number of benzene rings is 1. The zero-order chi connectivity index (χ0) is 10.8. The second kappa shape index (κ2) is 9.73. The topological polar surface area (TPSA) is 9.23 Å². The Morgan fingerprint density at radius 1 is 1.07 bits per heavy atom. The van der Waals surface area contributed by atoms with Crippen molar-refractivity contribution < 1.29 is 4.74 Å². The van der Waals surface area contributed by atoms with Crippen LogP contribution in [0.3, 0.4) is 0 Å². The summed E-state index contributed by atoms with van der Waals surface area (Å²) in [6.45, 7) is 4.72. The van der Waals surface area contributed by atoms with Crippen LogP contribution in [0.4, 0.5) is 0 Å². The van der Waals surface area contributed by atoms with Crippen LogP contribution in [0.15, 0.2) is 30.3 Å². The Kier molecular flexibility index (Phi) is 9.87. The van der Waals surface area contributed by atoms with E-state index in [-0.39, 0.29) is 0 Å². The summed E-state index contributed by atoms with van der Waals surface area (Å²) in [7, 11) is 0. The van der Waals surface area contributed by atoms with Gasteiger partial charge in [-0.2, -0.15) is 0 Å². The molecule has 0 saturated heterocycles. The molecule has 1 nitrogen and oxygen atoms in total. The van der Waals surface area contributed by atoms with Crippen molar-refractivity contribution in [1.29, 1.82) is 0 Å². The molecule has 80 valence electrons. The van der Waals surface area contributed by atoms with Crippen LogP contribution in [0.25, 0.3) is 0 Å². The molecular formula is C10H15Cl2OP. The molecule has 14 heavy (non-hydrogen) atoms. The second-order valence-electron chi connectivity index (χ2n) is 2.35.